The standard InChI is InChI=1S/C24H32N3O2P/c1-5-29-23(28)18-22(19-24(2,3)4)30(25)26(20-12-8-6-9-13-20)16-17-27(30)21-14-10-7-11-15-21/h6-15,19,25H,5,16-18H2,1-4H3/b22-19+. The lowest BCUT2D eigenvalue weighted by atomic mass is 9.96. The molecule has 0 bridgehead atoms. The zero-order valence-electron chi connectivity index (χ0n) is 18.3. The molecular weight excluding hydrogens is 393 g/mol. The molecule has 0 amide bonds. The van der Waals surface area contributed by atoms with E-state index in [-0.39, 0.29) is 17.8 Å². The molecule has 0 radical (unpaired) electrons. The van der Waals surface area contributed by atoms with Crippen LogP contribution in [-0.2, 0) is 9.53 Å². The number of hydrogen-bond donors (Lipinski definition) is 1. The lowest BCUT2D eigenvalue weighted by Crippen LogP contribution is -2.22. The van der Waals surface area contributed by atoms with Gasteiger partial charge in [0, 0.05) is 29.8 Å². The summed E-state index contributed by atoms with van der Waals surface area (Å²) < 4.78 is 9.67. The molecule has 0 saturated carbocycles. The quantitative estimate of drug-likeness (QED) is 0.424. The number of carbonyl (C=O) groups excluding carboxylic acids is 1. The van der Waals surface area contributed by atoms with Crippen molar-refractivity contribution in [3.05, 3.63) is 72.1 Å². The minimum atomic E-state index is -2.79. The van der Waals surface area contributed by atoms with Gasteiger partial charge in [0.25, 0.3) is 0 Å². The van der Waals surface area contributed by atoms with Gasteiger partial charge in [0.2, 0.25) is 0 Å². The van der Waals surface area contributed by atoms with Crippen LogP contribution in [0, 0.1) is 10.6 Å². The second-order valence-electron chi connectivity index (χ2n) is 8.50. The molecule has 1 saturated heterocycles. The summed E-state index contributed by atoms with van der Waals surface area (Å²) in [5.74, 6) is -0.271. The number of esters is 1. The van der Waals surface area contributed by atoms with Gasteiger partial charge in [0.15, 0.2) is 7.36 Å². The Morgan fingerprint density at radius 2 is 1.47 bits per heavy atom. The molecule has 1 fully saturated rings. The lowest BCUT2D eigenvalue weighted by molar-refractivity contribution is -0.142. The molecule has 0 aromatic heterocycles. The molecule has 3 rings (SSSR count). The van der Waals surface area contributed by atoms with Gasteiger partial charge in [0.05, 0.1) is 13.0 Å². The number of carbonyl (C=O) groups is 1. The first-order chi connectivity index (χ1) is 14.3. The van der Waals surface area contributed by atoms with Crippen molar-refractivity contribution in [3.8, 4) is 0 Å². The van der Waals surface area contributed by atoms with Crippen molar-refractivity contribution < 1.29 is 9.53 Å². The Kier molecular flexibility index (Phi) is 6.72. The van der Waals surface area contributed by atoms with Crippen molar-refractivity contribution >= 4 is 24.7 Å². The van der Waals surface area contributed by atoms with Crippen molar-refractivity contribution in [2.45, 2.75) is 34.1 Å². The van der Waals surface area contributed by atoms with Gasteiger partial charge in [-0.05, 0) is 36.6 Å². The fraction of sp³-hybridized carbons (Fsp3) is 0.375. The Morgan fingerprint density at radius 1 is 1.00 bits per heavy atom. The molecule has 0 atom stereocenters. The zero-order chi connectivity index (χ0) is 21.8. The van der Waals surface area contributed by atoms with Gasteiger partial charge in [0.1, 0.15) is 0 Å². The number of ether oxygens (including phenoxy) is 1. The molecule has 1 heterocycles. The third-order valence-electron chi connectivity index (χ3n) is 4.96. The summed E-state index contributed by atoms with van der Waals surface area (Å²) in [6.45, 7) is 9.97. The Balaban J connectivity index is 2.16. The van der Waals surface area contributed by atoms with Gasteiger partial charge in [-0.2, -0.15) is 0 Å². The first-order valence-corrected chi connectivity index (χ1v) is 12.1. The first-order valence-electron chi connectivity index (χ1n) is 10.4. The summed E-state index contributed by atoms with van der Waals surface area (Å²) in [5.41, 5.74) is 1.87. The summed E-state index contributed by atoms with van der Waals surface area (Å²) in [4.78, 5) is 12.6. The predicted octanol–water partition coefficient (Wildman–Crippen LogP) is 6.51. The van der Waals surface area contributed by atoms with E-state index < -0.39 is 7.36 Å². The van der Waals surface area contributed by atoms with Gasteiger partial charge in [-0.1, -0.05) is 63.2 Å². The number of allylic oxidation sites excluding steroid dienone is 1. The SMILES string of the molecule is CCOC(=O)C/C(=C\C(C)(C)C)P1(=N)N(c2ccccc2)CCN1c1ccccc1. The van der Waals surface area contributed by atoms with Crippen molar-refractivity contribution in [3.63, 3.8) is 0 Å². The minimum absolute atomic E-state index is 0.134. The summed E-state index contributed by atoms with van der Waals surface area (Å²) in [6.07, 6.45) is 2.25. The maximum Gasteiger partial charge on any atom is 0.310 e. The second kappa shape index (κ2) is 9.09. The Bertz CT molecular complexity index is 884. The number of hydrogen-bond acceptors (Lipinski definition) is 3. The highest BCUT2D eigenvalue weighted by Gasteiger charge is 2.43. The average Bonchev–Trinajstić information content (AvgIpc) is 3.06. The van der Waals surface area contributed by atoms with E-state index >= 15 is 0 Å². The highest BCUT2D eigenvalue weighted by atomic mass is 31.2. The van der Waals surface area contributed by atoms with Crippen LogP contribution in [0.4, 0.5) is 11.4 Å². The highest BCUT2D eigenvalue weighted by molar-refractivity contribution is 7.72. The third-order valence-corrected chi connectivity index (χ3v) is 8.31. The summed E-state index contributed by atoms with van der Waals surface area (Å²) in [5, 5.41) is 10.8. The largest absolute Gasteiger partial charge is 0.466 e. The maximum absolute atomic E-state index is 12.6. The lowest BCUT2D eigenvalue weighted by Gasteiger charge is -2.39. The summed E-state index contributed by atoms with van der Waals surface area (Å²) >= 11 is 0. The Hall–Kier alpha value is -2.52. The fourth-order valence-corrected chi connectivity index (χ4v) is 7.31. The first kappa shape index (κ1) is 22.2. The van der Waals surface area contributed by atoms with Crippen molar-refractivity contribution in [2.75, 3.05) is 29.0 Å². The van der Waals surface area contributed by atoms with E-state index in [0.29, 0.717) is 6.61 Å². The van der Waals surface area contributed by atoms with Crippen LogP contribution in [0.15, 0.2) is 72.1 Å². The molecule has 0 unspecified atom stereocenters. The average molecular weight is 426 g/mol. The van der Waals surface area contributed by atoms with Crippen LogP contribution in [0.2, 0.25) is 0 Å². The Labute approximate surface area is 180 Å². The number of benzene rings is 2. The zero-order valence-corrected chi connectivity index (χ0v) is 19.2. The van der Waals surface area contributed by atoms with Crippen LogP contribution in [-0.4, -0.2) is 25.7 Å². The van der Waals surface area contributed by atoms with Gasteiger partial charge < -0.3 is 14.1 Å². The van der Waals surface area contributed by atoms with Crippen molar-refractivity contribution in [2.24, 2.45) is 5.41 Å². The maximum atomic E-state index is 12.6. The van der Waals surface area contributed by atoms with Crippen LogP contribution < -0.4 is 9.34 Å². The number of nitrogens with zero attached hydrogens (tertiary/aromatic N) is 2. The fourth-order valence-electron chi connectivity index (χ4n) is 3.82. The highest BCUT2D eigenvalue weighted by Crippen LogP contribution is 2.67. The predicted molar refractivity (Wildman–Crippen MR) is 126 cm³/mol. The topological polar surface area (TPSA) is 56.6 Å². The van der Waals surface area contributed by atoms with Gasteiger partial charge in [-0.3, -0.25) is 9.96 Å². The van der Waals surface area contributed by atoms with Gasteiger partial charge >= 0.3 is 5.97 Å². The molecule has 6 heteroatoms. The van der Waals surface area contributed by atoms with E-state index in [9.17, 15) is 9.96 Å². The molecule has 0 spiro atoms. The van der Waals surface area contributed by atoms with Crippen LogP contribution in [0.5, 0.6) is 0 Å². The summed E-state index contributed by atoms with van der Waals surface area (Å²) in [7, 11) is -2.79. The number of para-hydroxylation sites is 2. The van der Waals surface area contributed by atoms with Crippen molar-refractivity contribution in [1.82, 2.24) is 0 Å². The van der Waals surface area contributed by atoms with E-state index in [0.717, 1.165) is 29.8 Å². The molecular formula is C24H32N3O2P. The second-order valence-corrected chi connectivity index (χ2v) is 11.2. The molecule has 1 aliphatic heterocycles. The molecule has 1 N–H and O–H groups in total. The monoisotopic (exact) mass is 425 g/mol. The smallest absolute Gasteiger partial charge is 0.310 e. The molecule has 160 valence electrons. The van der Waals surface area contributed by atoms with Crippen molar-refractivity contribution in [1.29, 1.82) is 5.16 Å². The van der Waals surface area contributed by atoms with E-state index in [2.05, 4.69) is 60.5 Å². The minimum Gasteiger partial charge on any atom is -0.466 e. The van der Waals surface area contributed by atoms with Crippen LogP contribution in [0.1, 0.15) is 34.1 Å². The molecule has 0 aliphatic carbocycles. The van der Waals surface area contributed by atoms with E-state index in [4.69, 9.17) is 4.74 Å². The van der Waals surface area contributed by atoms with E-state index in [1.54, 1.807) is 0 Å². The van der Waals surface area contributed by atoms with Crippen LogP contribution in [0.3, 0.4) is 0 Å². The molecule has 5 nitrogen and oxygen atoms in total. The third kappa shape index (κ3) is 4.79. The van der Waals surface area contributed by atoms with Crippen LogP contribution in [0.25, 0.3) is 0 Å². The van der Waals surface area contributed by atoms with E-state index in [1.807, 2.05) is 43.3 Å². The van der Waals surface area contributed by atoms with Crippen LogP contribution >= 0.6 is 7.36 Å². The number of rotatable bonds is 6. The molecule has 2 aromatic carbocycles. The van der Waals surface area contributed by atoms with Gasteiger partial charge in [-0.25, -0.2) is 0 Å². The molecule has 2 aromatic rings. The van der Waals surface area contributed by atoms with Gasteiger partial charge in [-0.15, -0.1) is 0 Å². The number of anilines is 2. The summed E-state index contributed by atoms with van der Waals surface area (Å²) in [6, 6.07) is 20.2. The molecule has 30 heavy (non-hydrogen) atoms. The normalized spacial score (nSPS) is 16.6. The van der Waals surface area contributed by atoms with E-state index in [1.165, 1.54) is 0 Å². The Morgan fingerprint density at radius 3 is 1.87 bits per heavy atom. The number of nitrogens with one attached hydrogen (secondary N) is 1. The molecule has 1 aliphatic rings.